The minimum atomic E-state index is 1.23. The Bertz CT molecular complexity index is 47.2. The monoisotopic (exact) mass is 178 g/mol. The fraction of sp³-hybridized carbons (Fsp3) is 1.00. The van der Waals surface area contributed by atoms with Crippen molar-refractivity contribution < 1.29 is 0 Å². The van der Waals surface area contributed by atoms with Gasteiger partial charge in [-0.1, -0.05) is 13.8 Å². The highest BCUT2D eigenvalue weighted by atomic mass is 31.1. The van der Waals surface area contributed by atoms with E-state index in [0.29, 0.717) is 0 Å². The van der Waals surface area contributed by atoms with Crippen LogP contribution in [0.2, 0.25) is 0 Å². The second-order valence-electron chi connectivity index (χ2n) is 2.41. The van der Waals surface area contributed by atoms with Crippen LogP contribution >= 0.6 is 17.2 Å². The molecule has 0 bridgehead atoms. The first-order chi connectivity index (χ1) is 4.91. The lowest BCUT2D eigenvalue weighted by Gasteiger charge is -1.98. The lowest BCUT2D eigenvalue weighted by Crippen LogP contribution is -1.81. The molecule has 0 radical (unpaired) electrons. The summed E-state index contributed by atoms with van der Waals surface area (Å²) in [6.07, 6.45) is 8.75. The molecule has 2 heteroatoms. The lowest BCUT2D eigenvalue weighted by atomic mass is 10.4. The van der Waals surface area contributed by atoms with E-state index in [0.717, 1.165) is 0 Å². The van der Waals surface area contributed by atoms with Crippen molar-refractivity contribution in [3.8, 4) is 0 Å². The molecule has 62 valence electrons. The Labute approximate surface area is 69.1 Å². The van der Waals surface area contributed by atoms with Crippen molar-refractivity contribution in [1.29, 1.82) is 0 Å². The zero-order chi connectivity index (χ0) is 7.66. The van der Waals surface area contributed by atoms with Crippen LogP contribution in [0.4, 0.5) is 0 Å². The summed E-state index contributed by atoms with van der Waals surface area (Å²) in [5.41, 5.74) is 0. The molecule has 0 saturated carbocycles. The molecule has 0 aromatic carbocycles. The quantitative estimate of drug-likeness (QED) is 0.415. The molecule has 0 N–H and O–H groups in total. The largest absolute Gasteiger partial charge is 0.122 e. The minimum Gasteiger partial charge on any atom is -0.122 e. The Morgan fingerprint density at radius 3 is 1.50 bits per heavy atom. The fourth-order valence-electron chi connectivity index (χ4n) is 0.854. The van der Waals surface area contributed by atoms with Crippen molar-refractivity contribution in [2.45, 2.75) is 26.7 Å². The topological polar surface area (TPSA) is 0 Å². The Morgan fingerprint density at radius 2 is 1.20 bits per heavy atom. The third kappa shape index (κ3) is 8.86. The standard InChI is InChI=1S/C8H20P2/c1-3-9-7-5-6-8-10-4-2/h9-10H,3-8H2,1-2H3. The molecule has 10 heavy (non-hydrogen) atoms. The Morgan fingerprint density at radius 1 is 0.800 bits per heavy atom. The molecule has 0 nitrogen and oxygen atoms in total. The zero-order valence-corrected chi connectivity index (χ0v) is 9.24. The summed E-state index contributed by atoms with van der Waals surface area (Å²) in [5.74, 6) is 0. The molecule has 0 aliphatic rings. The molecule has 2 unspecified atom stereocenters. The van der Waals surface area contributed by atoms with E-state index < -0.39 is 0 Å². The smallest absolute Gasteiger partial charge is 0.0353 e. The van der Waals surface area contributed by atoms with E-state index in [1.54, 1.807) is 0 Å². The fourth-order valence-corrected chi connectivity index (χ4v) is 2.56. The molecule has 0 heterocycles. The zero-order valence-electron chi connectivity index (χ0n) is 7.24. The highest BCUT2D eigenvalue weighted by Crippen LogP contribution is 2.15. The normalized spacial score (nSPS) is 12.6. The van der Waals surface area contributed by atoms with Crippen LogP contribution in [-0.2, 0) is 0 Å². The molecule has 0 saturated heterocycles. The van der Waals surface area contributed by atoms with Gasteiger partial charge in [0.15, 0.2) is 0 Å². The molecule has 0 fully saturated rings. The van der Waals surface area contributed by atoms with E-state index in [1.807, 2.05) is 0 Å². The molecule has 0 aliphatic carbocycles. The molecule has 0 aromatic rings. The van der Waals surface area contributed by atoms with E-state index in [1.165, 1.54) is 54.7 Å². The predicted octanol–water partition coefficient (Wildman–Crippen LogP) is 3.16. The number of hydrogen-bond donors (Lipinski definition) is 0. The van der Waals surface area contributed by atoms with Gasteiger partial charge in [0.2, 0.25) is 0 Å². The third-order valence-electron chi connectivity index (χ3n) is 1.46. The predicted molar refractivity (Wildman–Crippen MR) is 56.7 cm³/mol. The van der Waals surface area contributed by atoms with Crippen LogP contribution in [0.25, 0.3) is 0 Å². The molecule has 0 aromatic heterocycles. The summed E-state index contributed by atoms with van der Waals surface area (Å²) in [7, 11) is 2.46. The Balaban J connectivity index is 2.65. The molecule has 0 aliphatic heterocycles. The van der Waals surface area contributed by atoms with E-state index in [2.05, 4.69) is 13.8 Å². The summed E-state index contributed by atoms with van der Waals surface area (Å²) in [4.78, 5) is 0. The van der Waals surface area contributed by atoms with Crippen LogP contribution in [0.5, 0.6) is 0 Å². The highest BCUT2D eigenvalue weighted by Gasteiger charge is 1.87. The summed E-state index contributed by atoms with van der Waals surface area (Å²) < 4.78 is 0. The highest BCUT2D eigenvalue weighted by molar-refractivity contribution is 7.38. The van der Waals surface area contributed by atoms with Crippen LogP contribution in [0.3, 0.4) is 0 Å². The molecule has 0 spiro atoms. The van der Waals surface area contributed by atoms with Crippen molar-refractivity contribution in [2.24, 2.45) is 0 Å². The van der Waals surface area contributed by atoms with Gasteiger partial charge in [0, 0.05) is 0 Å². The third-order valence-corrected chi connectivity index (χ3v) is 3.87. The van der Waals surface area contributed by atoms with E-state index >= 15 is 0 Å². The average Bonchev–Trinajstić information content (AvgIpc) is 1.97. The van der Waals surface area contributed by atoms with Crippen LogP contribution in [0.15, 0.2) is 0 Å². The van der Waals surface area contributed by atoms with Gasteiger partial charge in [-0.3, -0.25) is 0 Å². The van der Waals surface area contributed by atoms with E-state index in [4.69, 9.17) is 0 Å². The van der Waals surface area contributed by atoms with Crippen LogP contribution in [0.1, 0.15) is 26.7 Å². The number of rotatable bonds is 7. The molecule has 2 atom stereocenters. The maximum atomic E-state index is 2.28. The van der Waals surface area contributed by atoms with Gasteiger partial charge in [-0.2, -0.15) is 0 Å². The number of unbranched alkanes of at least 4 members (excludes halogenated alkanes) is 1. The van der Waals surface area contributed by atoms with E-state index in [9.17, 15) is 0 Å². The van der Waals surface area contributed by atoms with Gasteiger partial charge in [0.05, 0.1) is 0 Å². The van der Waals surface area contributed by atoms with E-state index in [-0.39, 0.29) is 0 Å². The molecule has 0 amide bonds. The summed E-state index contributed by atoms with van der Waals surface area (Å²) in [5, 5.41) is 0. The van der Waals surface area contributed by atoms with Crippen molar-refractivity contribution in [3.63, 3.8) is 0 Å². The average molecular weight is 178 g/mol. The molecular formula is C8H20P2. The Kier molecular flexibility index (Phi) is 10.7. The van der Waals surface area contributed by atoms with Gasteiger partial charge in [0.25, 0.3) is 0 Å². The van der Waals surface area contributed by atoms with Crippen LogP contribution in [0, 0.1) is 0 Å². The van der Waals surface area contributed by atoms with Gasteiger partial charge in [-0.25, -0.2) is 0 Å². The summed E-state index contributed by atoms with van der Waals surface area (Å²) in [6, 6.07) is 0. The second-order valence-corrected chi connectivity index (χ2v) is 5.83. The first-order valence-electron chi connectivity index (χ1n) is 4.33. The molecular weight excluding hydrogens is 158 g/mol. The van der Waals surface area contributed by atoms with Crippen molar-refractivity contribution in [2.75, 3.05) is 24.6 Å². The van der Waals surface area contributed by atoms with Gasteiger partial charge >= 0.3 is 0 Å². The molecule has 0 rings (SSSR count). The summed E-state index contributed by atoms with van der Waals surface area (Å²) in [6.45, 7) is 4.57. The van der Waals surface area contributed by atoms with Gasteiger partial charge in [0.1, 0.15) is 0 Å². The SMILES string of the molecule is CCPCCCCPCC. The van der Waals surface area contributed by atoms with Crippen LogP contribution < -0.4 is 0 Å². The van der Waals surface area contributed by atoms with Gasteiger partial charge in [-0.05, 0) is 37.5 Å². The maximum Gasteiger partial charge on any atom is -0.0353 e. The van der Waals surface area contributed by atoms with Crippen LogP contribution in [-0.4, -0.2) is 24.6 Å². The first-order valence-corrected chi connectivity index (χ1v) is 7.16. The lowest BCUT2D eigenvalue weighted by molar-refractivity contribution is 0.901. The van der Waals surface area contributed by atoms with Gasteiger partial charge < -0.3 is 0 Å². The maximum absolute atomic E-state index is 2.28. The van der Waals surface area contributed by atoms with Gasteiger partial charge in [-0.15, -0.1) is 17.2 Å². The number of hydrogen-bond acceptors (Lipinski definition) is 0. The summed E-state index contributed by atoms with van der Waals surface area (Å²) >= 11 is 0. The second kappa shape index (κ2) is 9.86. The minimum absolute atomic E-state index is 1.23. The van der Waals surface area contributed by atoms with Crippen molar-refractivity contribution in [1.82, 2.24) is 0 Å². The van der Waals surface area contributed by atoms with Crippen molar-refractivity contribution in [3.05, 3.63) is 0 Å². The Hall–Kier alpha value is 0.860. The van der Waals surface area contributed by atoms with Crippen molar-refractivity contribution >= 4 is 17.2 Å². The first kappa shape index (κ1) is 10.9.